The number of pyridine rings is 2. The van der Waals surface area contributed by atoms with E-state index in [9.17, 15) is 4.39 Å². The molecule has 2 fully saturated rings. The standard InChI is InChI=1S/C24H24ClFN6/c1-30-5-3-4-14-12-32(13-22(14)30)17-8-18-19(25)9-21(28-24(18)27-10-17)15-6-16-11-31(2)29-23(16)20(26)7-15/h6-11,14,22H,3-5,12-13H2,1-2H3/t14-,22+/m1/s1. The summed E-state index contributed by atoms with van der Waals surface area (Å²) >= 11 is 6.68. The Morgan fingerprint density at radius 3 is 2.84 bits per heavy atom. The quantitative estimate of drug-likeness (QED) is 0.450. The monoisotopic (exact) mass is 450 g/mol. The maximum Gasteiger partial charge on any atom is 0.161 e. The van der Waals surface area contributed by atoms with Crippen LogP contribution in [0.5, 0.6) is 0 Å². The molecule has 0 saturated carbocycles. The number of benzene rings is 1. The van der Waals surface area contributed by atoms with E-state index >= 15 is 0 Å². The average molecular weight is 451 g/mol. The second-order valence-corrected chi connectivity index (χ2v) is 9.52. The molecule has 2 atom stereocenters. The van der Waals surface area contributed by atoms with Gasteiger partial charge in [0.25, 0.3) is 0 Å². The lowest BCUT2D eigenvalue weighted by atomic mass is 9.93. The molecule has 0 unspecified atom stereocenters. The van der Waals surface area contributed by atoms with Crippen molar-refractivity contribution < 1.29 is 4.39 Å². The van der Waals surface area contributed by atoms with Crippen LogP contribution in [0.15, 0.2) is 36.7 Å². The van der Waals surface area contributed by atoms with Crippen molar-refractivity contribution in [1.29, 1.82) is 0 Å². The normalized spacial score (nSPS) is 21.6. The number of anilines is 1. The Labute approximate surface area is 190 Å². The third kappa shape index (κ3) is 3.22. The molecule has 8 heteroatoms. The highest BCUT2D eigenvalue weighted by Gasteiger charge is 2.37. The lowest BCUT2D eigenvalue weighted by molar-refractivity contribution is 0.158. The van der Waals surface area contributed by atoms with Gasteiger partial charge in [-0.3, -0.25) is 4.68 Å². The van der Waals surface area contributed by atoms with Gasteiger partial charge in [-0.1, -0.05) is 11.6 Å². The number of aromatic nitrogens is 4. The van der Waals surface area contributed by atoms with Crippen molar-refractivity contribution in [3.8, 4) is 11.3 Å². The van der Waals surface area contributed by atoms with Gasteiger partial charge < -0.3 is 9.80 Å². The molecule has 2 aliphatic heterocycles. The number of fused-ring (bicyclic) bond motifs is 3. The van der Waals surface area contributed by atoms with Crippen LogP contribution in [0.25, 0.3) is 33.2 Å². The van der Waals surface area contributed by atoms with E-state index in [2.05, 4.69) is 33.0 Å². The molecule has 0 bridgehead atoms. The van der Waals surface area contributed by atoms with Gasteiger partial charge in [0.2, 0.25) is 0 Å². The van der Waals surface area contributed by atoms with E-state index < -0.39 is 0 Å². The number of likely N-dealkylation sites (N-methyl/N-ethyl adjacent to an activating group) is 1. The van der Waals surface area contributed by atoms with Gasteiger partial charge in [0.1, 0.15) is 5.52 Å². The van der Waals surface area contributed by atoms with Crippen molar-refractivity contribution in [2.45, 2.75) is 18.9 Å². The average Bonchev–Trinajstić information content (AvgIpc) is 3.37. The van der Waals surface area contributed by atoms with Gasteiger partial charge in [0.05, 0.1) is 22.6 Å². The molecule has 4 aromatic rings. The Hall–Kier alpha value is -2.77. The number of aryl methyl sites for hydroxylation is 1. The fourth-order valence-electron chi connectivity index (χ4n) is 5.35. The molecule has 1 aromatic carbocycles. The van der Waals surface area contributed by atoms with Crippen molar-refractivity contribution in [1.82, 2.24) is 24.6 Å². The second-order valence-electron chi connectivity index (χ2n) is 9.11. The van der Waals surface area contributed by atoms with Crippen molar-refractivity contribution >= 4 is 39.2 Å². The summed E-state index contributed by atoms with van der Waals surface area (Å²) in [5, 5.41) is 6.28. The highest BCUT2D eigenvalue weighted by molar-refractivity contribution is 6.35. The van der Waals surface area contributed by atoms with Crippen LogP contribution >= 0.6 is 11.6 Å². The maximum atomic E-state index is 14.6. The van der Waals surface area contributed by atoms with Gasteiger partial charge in [-0.05, 0) is 56.6 Å². The Morgan fingerprint density at radius 2 is 2.00 bits per heavy atom. The van der Waals surface area contributed by atoms with E-state index in [-0.39, 0.29) is 5.82 Å². The van der Waals surface area contributed by atoms with Crippen LogP contribution in [0.2, 0.25) is 5.02 Å². The van der Waals surface area contributed by atoms with Gasteiger partial charge in [-0.15, -0.1) is 0 Å². The minimum atomic E-state index is -0.375. The minimum Gasteiger partial charge on any atom is -0.368 e. The van der Waals surface area contributed by atoms with Crippen molar-refractivity contribution in [2.75, 3.05) is 31.6 Å². The van der Waals surface area contributed by atoms with E-state index in [1.165, 1.54) is 25.5 Å². The molecular weight excluding hydrogens is 427 g/mol. The van der Waals surface area contributed by atoms with E-state index in [4.69, 9.17) is 16.6 Å². The highest BCUT2D eigenvalue weighted by Crippen LogP contribution is 2.35. The Morgan fingerprint density at radius 1 is 1.12 bits per heavy atom. The number of hydrogen-bond acceptors (Lipinski definition) is 5. The summed E-state index contributed by atoms with van der Waals surface area (Å²) in [5.74, 6) is 0.331. The van der Waals surface area contributed by atoms with Gasteiger partial charge in [-0.2, -0.15) is 5.10 Å². The molecule has 6 rings (SSSR count). The molecule has 2 aliphatic rings. The van der Waals surface area contributed by atoms with Gasteiger partial charge >= 0.3 is 0 Å². The Balaban J connectivity index is 1.36. The Kier molecular flexibility index (Phi) is 4.59. The number of rotatable bonds is 2. The molecule has 5 heterocycles. The summed E-state index contributed by atoms with van der Waals surface area (Å²) in [6, 6.07) is 7.82. The summed E-state index contributed by atoms with van der Waals surface area (Å²) in [4.78, 5) is 14.2. The fraction of sp³-hybridized carbons (Fsp3) is 0.375. The lowest BCUT2D eigenvalue weighted by Gasteiger charge is -2.33. The zero-order chi connectivity index (χ0) is 22.0. The van der Waals surface area contributed by atoms with Crippen LogP contribution in [0.1, 0.15) is 12.8 Å². The summed E-state index contributed by atoms with van der Waals surface area (Å²) in [6.07, 6.45) is 6.24. The zero-order valence-electron chi connectivity index (χ0n) is 18.1. The molecule has 0 spiro atoms. The van der Waals surface area contributed by atoms with Crippen LogP contribution in [0.3, 0.4) is 0 Å². The second kappa shape index (κ2) is 7.39. The van der Waals surface area contributed by atoms with Crippen LogP contribution in [0, 0.1) is 11.7 Å². The van der Waals surface area contributed by atoms with E-state index in [1.54, 1.807) is 24.0 Å². The third-order valence-electron chi connectivity index (χ3n) is 7.00. The van der Waals surface area contributed by atoms with Crippen molar-refractivity contribution in [3.05, 3.63) is 47.5 Å². The summed E-state index contributed by atoms with van der Waals surface area (Å²) in [5.41, 5.74) is 3.25. The highest BCUT2D eigenvalue weighted by atomic mass is 35.5. The molecule has 3 aromatic heterocycles. The molecule has 6 nitrogen and oxygen atoms in total. The van der Waals surface area contributed by atoms with Gasteiger partial charge in [-0.25, -0.2) is 14.4 Å². The number of hydrogen-bond donors (Lipinski definition) is 0. The maximum absolute atomic E-state index is 14.6. The largest absolute Gasteiger partial charge is 0.368 e. The predicted molar refractivity (Wildman–Crippen MR) is 126 cm³/mol. The molecule has 0 radical (unpaired) electrons. The van der Waals surface area contributed by atoms with Crippen LogP contribution in [-0.2, 0) is 7.05 Å². The molecule has 0 aliphatic carbocycles. The van der Waals surface area contributed by atoms with Crippen LogP contribution in [0.4, 0.5) is 10.1 Å². The first kappa shape index (κ1) is 19.9. The first-order valence-electron chi connectivity index (χ1n) is 11.0. The van der Waals surface area contributed by atoms with Crippen molar-refractivity contribution in [2.24, 2.45) is 13.0 Å². The third-order valence-corrected chi connectivity index (χ3v) is 7.31. The SMILES string of the molecule is CN1CCC[C@@H]2CN(c3cnc4nc(-c5cc(F)c6nn(C)cc6c5)cc(Cl)c4c3)C[C@@H]21. The molecular formula is C24H24ClFN6. The minimum absolute atomic E-state index is 0.350. The van der Waals surface area contributed by atoms with Gasteiger partial charge in [0.15, 0.2) is 11.5 Å². The van der Waals surface area contributed by atoms with Crippen LogP contribution in [-0.4, -0.2) is 57.4 Å². The molecule has 0 amide bonds. The first-order chi connectivity index (χ1) is 15.5. The zero-order valence-corrected chi connectivity index (χ0v) is 18.8. The lowest BCUT2D eigenvalue weighted by Crippen LogP contribution is -2.42. The van der Waals surface area contributed by atoms with E-state index in [1.807, 2.05) is 12.3 Å². The number of likely N-dealkylation sites (tertiary alicyclic amines) is 1. The molecule has 32 heavy (non-hydrogen) atoms. The number of piperidine rings is 1. The molecule has 2 saturated heterocycles. The number of halogens is 2. The first-order valence-corrected chi connectivity index (χ1v) is 11.4. The predicted octanol–water partition coefficient (Wildman–Crippen LogP) is 4.51. The van der Waals surface area contributed by atoms with Crippen molar-refractivity contribution in [3.63, 3.8) is 0 Å². The summed E-state index contributed by atoms with van der Waals surface area (Å²) < 4.78 is 16.2. The van der Waals surface area contributed by atoms with Gasteiger partial charge in [0, 0.05) is 48.7 Å². The summed E-state index contributed by atoms with van der Waals surface area (Å²) in [7, 11) is 4.01. The number of nitrogens with zero attached hydrogens (tertiary/aromatic N) is 6. The molecule has 0 N–H and O–H groups in total. The molecule has 164 valence electrons. The van der Waals surface area contributed by atoms with Crippen LogP contribution < -0.4 is 4.90 Å². The fourth-order valence-corrected chi connectivity index (χ4v) is 5.60. The van der Waals surface area contributed by atoms with E-state index in [0.29, 0.717) is 39.4 Å². The smallest absolute Gasteiger partial charge is 0.161 e. The Bertz CT molecular complexity index is 1350. The van der Waals surface area contributed by atoms with E-state index in [0.717, 1.165) is 29.5 Å². The topological polar surface area (TPSA) is 50.1 Å². The summed E-state index contributed by atoms with van der Waals surface area (Å²) in [6.45, 7) is 3.24.